The summed E-state index contributed by atoms with van der Waals surface area (Å²) in [5.41, 5.74) is 6.12. The van der Waals surface area contributed by atoms with Gasteiger partial charge in [0.25, 0.3) is 0 Å². The zero-order valence-electron chi connectivity index (χ0n) is 20.8. The quantitative estimate of drug-likeness (QED) is 0.223. The highest BCUT2D eigenvalue weighted by Crippen LogP contribution is 2.33. The molecule has 0 bridgehead atoms. The monoisotopic (exact) mass is 463 g/mol. The molecule has 0 amide bonds. The second-order valence-electron chi connectivity index (χ2n) is 8.76. The van der Waals surface area contributed by atoms with E-state index >= 15 is 0 Å². The van der Waals surface area contributed by atoms with Crippen LogP contribution in [-0.4, -0.2) is 46.0 Å². The standard InChI is InChI=1S/C29H37NO4/c1-5-6-16-33-17-18-34-27-12-9-23(10-13-27)24-11-14-28-26(19-24)20-25(29(31)32-4)8-7-15-30(28)21-22(2)3/h9-14,19-20H,2,5-8,15-18,21H2,1,3-4H3. The van der Waals surface area contributed by atoms with E-state index in [1.54, 1.807) is 0 Å². The average Bonchev–Trinajstić information content (AvgIpc) is 2.83. The van der Waals surface area contributed by atoms with E-state index in [-0.39, 0.29) is 5.97 Å². The maximum atomic E-state index is 12.3. The number of anilines is 1. The Bertz CT molecular complexity index is 994. The van der Waals surface area contributed by atoms with Crippen LogP contribution in [0.2, 0.25) is 0 Å². The van der Waals surface area contributed by atoms with Crippen molar-refractivity contribution in [1.82, 2.24) is 0 Å². The second kappa shape index (κ2) is 13.0. The molecule has 0 saturated carbocycles. The molecule has 3 rings (SSSR count). The summed E-state index contributed by atoms with van der Waals surface area (Å²) < 4.78 is 16.4. The van der Waals surface area contributed by atoms with Crippen molar-refractivity contribution in [1.29, 1.82) is 0 Å². The van der Waals surface area contributed by atoms with Crippen LogP contribution in [0.5, 0.6) is 5.75 Å². The van der Waals surface area contributed by atoms with E-state index in [2.05, 4.69) is 48.7 Å². The molecule has 0 spiro atoms. The Balaban J connectivity index is 1.80. The Morgan fingerprint density at radius 3 is 2.53 bits per heavy atom. The van der Waals surface area contributed by atoms with Crippen LogP contribution in [-0.2, 0) is 14.3 Å². The summed E-state index contributed by atoms with van der Waals surface area (Å²) in [6.07, 6.45) is 5.77. The van der Waals surface area contributed by atoms with Gasteiger partial charge in [0.1, 0.15) is 12.4 Å². The molecule has 0 atom stereocenters. The van der Waals surface area contributed by atoms with E-state index in [9.17, 15) is 4.79 Å². The molecule has 0 saturated heterocycles. The van der Waals surface area contributed by atoms with Gasteiger partial charge in [-0.2, -0.15) is 0 Å². The van der Waals surface area contributed by atoms with Crippen LogP contribution in [0.3, 0.4) is 0 Å². The number of rotatable bonds is 11. The molecule has 0 aliphatic carbocycles. The lowest BCUT2D eigenvalue weighted by Crippen LogP contribution is -2.28. The minimum Gasteiger partial charge on any atom is -0.491 e. The molecule has 34 heavy (non-hydrogen) atoms. The Morgan fingerprint density at radius 1 is 1.06 bits per heavy atom. The van der Waals surface area contributed by atoms with Gasteiger partial charge in [0.05, 0.1) is 13.7 Å². The highest BCUT2D eigenvalue weighted by molar-refractivity contribution is 5.95. The predicted octanol–water partition coefficient (Wildman–Crippen LogP) is 6.28. The van der Waals surface area contributed by atoms with Gasteiger partial charge in [-0.1, -0.05) is 43.7 Å². The van der Waals surface area contributed by atoms with Gasteiger partial charge in [-0.15, -0.1) is 0 Å². The van der Waals surface area contributed by atoms with Gasteiger partial charge in [0.15, 0.2) is 0 Å². The van der Waals surface area contributed by atoms with Gasteiger partial charge in [0.2, 0.25) is 0 Å². The average molecular weight is 464 g/mol. The van der Waals surface area contributed by atoms with Crippen molar-refractivity contribution in [2.75, 3.05) is 44.9 Å². The molecule has 182 valence electrons. The van der Waals surface area contributed by atoms with Crippen LogP contribution in [0.15, 0.2) is 60.2 Å². The molecule has 1 aliphatic rings. The molecule has 5 heteroatoms. The number of methoxy groups -OCH3 is 1. The smallest absolute Gasteiger partial charge is 0.333 e. The van der Waals surface area contributed by atoms with Gasteiger partial charge >= 0.3 is 5.97 Å². The molecular formula is C29H37NO4. The predicted molar refractivity (Wildman–Crippen MR) is 139 cm³/mol. The zero-order chi connectivity index (χ0) is 24.3. The lowest BCUT2D eigenvalue weighted by atomic mass is 9.96. The maximum Gasteiger partial charge on any atom is 0.333 e. The highest BCUT2D eigenvalue weighted by atomic mass is 16.5. The number of unbranched alkanes of at least 4 members (excludes halogenated alkanes) is 1. The summed E-state index contributed by atoms with van der Waals surface area (Å²) in [5.74, 6) is 0.569. The topological polar surface area (TPSA) is 48.0 Å². The van der Waals surface area contributed by atoms with Crippen molar-refractivity contribution < 1.29 is 19.0 Å². The number of esters is 1. The molecule has 1 heterocycles. The summed E-state index contributed by atoms with van der Waals surface area (Å²) >= 11 is 0. The van der Waals surface area contributed by atoms with Crippen LogP contribution in [0.25, 0.3) is 17.2 Å². The number of benzene rings is 2. The van der Waals surface area contributed by atoms with Crippen LogP contribution in [0.1, 0.15) is 45.1 Å². The molecule has 0 unspecified atom stereocenters. The van der Waals surface area contributed by atoms with Crippen LogP contribution >= 0.6 is 0 Å². The first-order valence-corrected chi connectivity index (χ1v) is 12.1. The summed E-state index contributed by atoms with van der Waals surface area (Å²) in [6, 6.07) is 14.5. The summed E-state index contributed by atoms with van der Waals surface area (Å²) in [4.78, 5) is 14.7. The normalized spacial score (nSPS) is 13.4. The molecule has 2 aromatic rings. The fraction of sp³-hybridized carbons (Fsp3) is 0.414. The number of hydrogen-bond donors (Lipinski definition) is 0. The number of carbonyl (C=O) groups excluding carboxylic acids is 1. The van der Waals surface area contributed by atoms with E-state index in [0.717, 1.165) is 72.7 Å². The third-order valence-electron chi connectivity index (χ3n) is 5.81. The van der Waals surface area contributed by atoms with E-state index < -0.39 is 0 Å². The van der Waals surface area contributed by atoms with Crippen molar-refractivity contribution in [2.24, 2.45) is 0 Å². The number of carbonyl (C=O) groups is 1. The molecule has 0 radical (unpaired) electrons. The summed E-state index contributed by atoms with van der Waals surface area (Å²) in [5, 5.41) is 0. The van der Waals surface area contributed by atoms with E-state index in [1.165, 1.54) is 7.11 Å². The fourth-order valence-corrected chi connectivity index (χ4v) is 4.07. The fourth-order valence-electron chi connectivity index (χ4n) is 4.07. The van der Waals surface area contributed by atoms with Crippen molar-refractivity contribution >= 4 is 17.7 Å². The minimum absolute atomic E-state index is 0.259. The molecule has 2 aromatic carbocycles. The van der Waals surface area contributed by atoms with Gasteiger partial charge in [-0.3, -0.25) is 0 Å². The number of hydrogen-bond acceptors (Lipinski definition) is 5. The Hall–Kier alpha value is -3.05. The lowest BCUT2D eigenvalue weighted by Gasteiger charge is -2.29. The SMILES string of the molecule is C=C(C)CN1CCCC(C(=O)OC)=Cc2cc(-c3ccc(OCCOCCCC)cc3)ccc21. The Morgan fingerprint density at radius 2 is 1.82 bits per heavy atom. The summed E-state index contributed by atoms with van der Waals surface area (Å²) in [7, 11) is 1.44. The van der Waals surface area contributed by atoms with Crippen molar-refractivity contribution in [3.63, 3.8) is 0 Å². The van der Waals surface area contributed by atoms with Gasteiger partial charge in [0, 0.05) is 31.0 Å². The first-order chi connectivity index (χ1) is 16.5. The van der Waals surface area contributed by atoms with Crippen molar-refractivity contribution in [2.45, 2.75) is 39.5 Å². The van der Waals surface area contributed by atoms with Crippen molar-refractivity contribution in [3.05, 3.63) is 65.8 Å². The first-order valence-electron chi connectivity index (χ1n) is 12.1. The van der Waals surface area contributed by atoms with E-state index in [0.29, 0.717) is 25.2 Å². The third kappa shape index (κ3) is 7.22. The summed E-state index contributed by atoms with van der Waals surface area (Å²) in [6.45, 7) is 11.9. The van der Waals surface area contributed by atoms with Gasteiger partial charge in [-0.25, -0.2) is 4.79 Å². The minimum atomic E-state index is -0.259. The highest BCUT2D eigenvalue weighted by Gasteiger charge is 2.19. The first kappa shape index (κ1) is 25.6. The van der Waals surface area contributed by atoms with Crippen LogP contribution in [0.4, 0.5) is 5.69 Å². The van der Waals surface area contributed by atoms with Crippen LogP contribution in [0, 0.1) is 0 Å². The lowest BCUT2D eigenvalue weighted by molar-refractivity contribution is -0.136. The van der Waals surface area contributed by atoms with Gasteiger partial charge in [-0.05, 0) is 73.2 Å². The van der Waals surface area contributed by atoms with Crippen LogP contribution < -0.4 is 9.64 Å². The van der Waals surface area contributed by atoms with E-state index in [4.69, 9.17) is 14.2 Å². The van der Waals surface area contributed by atoms with E-state index in [1.807, 2.05) is 25.1 Å². The van der Waals surface area contributed by atoms with Crippen molar-refractivity contribution in [3.8, 4) is 16.9 Å². The molecule has 0 aromatic heterocycles. The molecule has 1 aliphatic heterocycles. The molecule has 5 nitrogen and oxygen atoms in total. The molecule has 0 fully saturated rings. The molecule has 0 N–H and O–H groups in total. The second-order valence-corrected chi connectivity index (χ2v) is 8.76. The zero-order valence-corrected chi connectivity index (χ0v) is 20.8. The third-order valence-corrected chi connectivity index (χ3v) is 5.81. The van der Waals surface area contributed by atoms with Gasteiger partial charge < -0.3 is 19.1 Å². The number of nitrogens with zero attached hydrogens (tertiary/aromatic N) is 1. The number of fused-ring (bicyclic) bond motifs is 1. The maximum absolute atomic E-state index is 12.3. The Labute approximate surface area is 204 Å². The number of ether oxygens (including phenoxy) is 3. The molecular weight excluding hydrogens is 426 g/mol. The Kier molecular flexibility index (Phi) is 9.77. The largest absolute Gasteiger partial charge is 0.491 e.